The number of amides is 2. The number of pyridine rings is 1. The summed E-state index contributed by atoms with van der Waals surface area (Å²) >= 11 is 0. The number of nitrogens with one attached hydrogen (secondary N) is 2. The van der Waals surface area contributed by atoms with E-state index in [1.165, 1.54) is 0 Å². The largest absolute Gasteiger partial charge is 0.496 e. The molecule has 1 aromatic carbocycles. The van der Waals surface area contributed by atoms with E-state index in [4.69, 9.17) is 4.74 Å². The van der Waals surface area contributed by atoms with Gasteiger partial charge in [0, 0.05) is 55.3 Å². The van der Waals surface area contributed by atoms with Crippen molar-refractivity contribution in [1.82, 2.24) is 25.4 Å². The van der Waals surface area contributed by atoms with Gasteiger partial charge in [-0.2, -0.15) is 5.10 Å². The second-order valence-electron chi connectivity index (χ2n) is 7.13. The number of hydrogen-bond donors (Lipinski definition) is 2. The lowest BCUT2D eigenvalue weighted by Crippen LogP contribution is -2.37. The fourth-order valence-electron chi connectivity index (χ4n) is 3.59. The average molecular weight is 405 g/mol. The molecule has 1 aliphatic rings. The van der Waals surface area contributed by atoms with Crippen LogP contribution in [-0.4, -0.2) is 45.6 Å². The first kappa shape index (κ1) is 19.6. The van der Waals surface area contributed by atoms with Gasteiger partial charge in [-0.05, 0) is 17.7 Å². The standard InChI is InChI=1S/C22H23N5O3/c1-30-19-7-3-2-6-16(19)11-20(28)27-10-8-18-17(14-27)21(26-25-18)22(29)24-13-15-5-4-9-23-12-15/h2-7,9,12H,8,10-11,13-14H2,1H3,(H,24,29)(H,25,26). The van der Waals surface area contributed by atoms with Gasteiger partial charge in [-0.15, -0.1) is 0 Å². The minimum absolute atomic E-state index is 0.00642. The molecule has 0 spiro atoms. The Hall–Kier alpha value is -3.68. The number of aromatic amines is 1. The van der Waals surface area contributed by atoms with Crippen molar-refractivity contribution in [2.45, 2.75) is 25.9 Å². The molecule has 0 radical (unpaired) electrons. The Balaban J connectivity index is 1.44. The van der Waals surface area contributed by atoms with Crippen molar-refractivity contribution < 1.29 is 14.3 Å². The van der Waals surface area contributed by atoms with E-state index in [9.17, 15) is 9.59 Å². The minimum Gasteiger partial charge on any atom is -0.496 e. The van der Waals surface area contributed by atoms with Crippen molar-refractivity contribution in [2.24, 2.45) is 0 Å². The zero-order valence-electron chi connectivity index (χ0n) is 16.7. The molecule has 1 aliphatic heterocycles. The highest BCUT2D eigenvalue weighted by Gasteiger charge is 2.28. The molecule has 2 N–H and O–H groups in total. The van der Waals surface area contributed by atoms with Gasteiger partial charge in [0.25, 0.3) is 5.91 Å². The van der Waals surface area contributed by atoms with Crippen molar-refractivity contribution in [3.05, 3.63) is 76.9 Å². The smallest absolute Gasteiger partial charge is 0.272 e. The number of para-hydroxylation sites is 1. The number of rotatable bonds is 6. The van der Waals surface area contributed by atoms with Crippen LogP contribution >= 0.6 is 0 Å². The highest BCUT2D eigenvalue weighted by molar-refractivity contribution is 5.94. The molecular weight excluding hydrogens is 382 g/mol. The van der Waals surface area contributed by atoms with Gasteiger partial charge in [0.15, 0.2) is 5.69 Å². The molecule has 0 fully saturated rings. The van der Waals surface area contributed by atoms with Crippen LogP contribution in [0, 0.1) is 0 Å². The number of carbonyl (C=O) groups is 2. The Labute approximate surface area is 174 Å². The maximum atomic E-state index is 12.9. The third-order valence-corrected chi connectivity index (χ3v) is 5.21. The Morgan fingerprint density at radius 3 is 2.90 bits per heavy atom. The fraction of sp³-hybridized carbons (Fsp3) is 0.273. The summed E-state index contributed by atoms with van der Waals surface area (Å²) in [5.41, 5.74) is 3.77. The van der Waals surface area contributed by atoms with Gasteiger partial charge in [-0.3, -0.25) is 19.7 Å². The van der Waals surface area contributed by atoms with Crippen LogP contribution < -0.4 is 10.1 Å². The molecular formula is C22H23N5O3. The van der Waals surface area contributed by atoms with Crippen molar-refractivity contribution in [2.75, 3.05) is 13.7 Å². The van der Waals surface area contributed by atoms with Crippen LogP contribution in [0.5, 0.6) is 5.75 Å². The van der Waals surface area contributed by atoms with Crippen molar-refractivity contribution in [3.63, 3.8) is 0 Å². The number of fused-ring (bicyclic) bond motifs is 1. The van der Waals surface area contributed by atoms with Crippen LogP contribution in [0.3, 0.4) is 0 Å². The predicted molar refractivity (Wildman–Crippen MR) is 110 cm³/mol. The fourth-order valence-corrected chi connectivity index (χ4v) is 3.59. The monoisotopic (exact) mass is 405 g/mol. The molecule has 0 unspecified atom stereocenters. The number of nitrogens with zero attached hydrogens (tertiary/aromatic N) is 3. The Morgan fingerprint density at radius 2 is 2.10 bits per heavy atom. The topological polar surface area (TPSA) is 100 Å². The Kier molecular flexibility index (Phi) is 5.74. The highest BCUT2D eigenvalue weighted by atomic mass is 16.5. The molecule has 8 nitrogen and oxygen atoms in total. The van der Waals surface area contributed by atoms with Gasteiger partial charge in [0.1, 0.15) is 5.75 Å². The van der Waals surface area contributed by atoms with E-state index >= 15 is 0 Å². The van der Waals surface area contributed by atoms with Crippen LogP contribution in [0.25, 0.3) is 0 Å². The van der Waals surface area contributed by atoms with Crippen molar-refractivity contribution in [1.29, 1.82) is 0 Å². The molecule has 3 heterocycles. The summed E-state index contributed by atoms with van der Waals surface area (Å²) < 4.78 is 5.35. The summed E-state index contributed by atoms with van der Waals surface area (Å²) in [6.45, 7) is 1.31. The van der Waals surface area contributed by atoms with Crippen molar-refractivity contribution in [3.8, 4) is 5.75 Å². The van der Waals surface area contributed by atoms with Crippen LogP contribution in [-0.2, 0) is 30.7 Å². The van der Waals surface area contributed by atoms with Crippen LogP contribution in [0.2, 0.25) is 0 Å². The molecule has 154 valence electrons. The molecule has 3 aromatic rings. The Morgan fingerprint density at radius 1 is 1.23 bits per heavy atom. The molecule has 8 heteroatoms. The van der Waals surface area contributed by atoms with E-state index in [-0.39, 0.29) is 18.2 Å². The van der Waals surface area contributed by atoms with Gasteiger partial charge in [-0.25, -0.2) is 0 Å². The summed E-state index contributed by atoms with van der Waals surface area (Å²) in [6.07, 6.45) is 4.28. The first-order valence-corrected chi connectivity index (χ1v) is 9.78. The van der Waals surface area contributed by atoms with Gasteiger partial charge in [0.05, 0.1) is 13.5 Å². The molecule has 0 atom stereocenters. The molecule has 2 amide bonds. The third kappa shape index (κ3) is 4.17. The van der Waals surface area contributed by atoms with Gasteiger partial charge in [0.2, 0.25) is 5.91 Å². The highest BCUT2D eigenvalue weighted by Crippen LogP contribution is 2.23. The quantitative estimate of drug-likeness (QED) is 0.652. The van der Waals surface area contributed by atoms with Gasteiger partial charge >= 0.3 is 0 Å². The molecule has 0 saturated carbocycles. The normalized spacial score (nSPS) is 12.9. The van der Waals surface area contributed by atoms with Crippen LogP contribution in [0.4, 0.5) is 0 Å². The Bertz CT molecular complexity index is 1050. The number of carbonyl (C=O) groups excluding carboxylic acids is 2. The maximum absolute atomic E-state index is 12.9. The van der Waals surface area contributed by atoms with Crippen molar-refractivity contribution >= 4 is 11.8 Å². The van der Waals surface area contributed by atoms with E-state index in [1.807, 2.05) is 36.4 Å². The lowest BCUT2D eigenvalue weighted by atomic mass is 10.0. The third-order valence-electron chi connectivity index (χ3n) is 5.21. The number of methoxy groups -OCH3 is 1. The summed E-state index contributed by atoms with van der Waals surface area (Å²) in [5, 5.41) is 10.0. The summed E-state index contributed by atoms with van der Waals surface area (Å²) in [6, 6.07) is 11.2. The number of H-pyrrole nitrogens is 1. The van der Waals surface area contributed by atoms with Gasteiger partial charge < -0.3 is 15.0 Å². The van der Waals surface area contributed by atoms with Gasteiger partial charge in [-0.1, -0.05) is 24.3 Å². The zero-order chi connectivity index (χ0) is 20.9. The molecule has 0 aliphatic carbocycles. The average Bonchev–Trinajstić information content (AvgIpc) is 3.22. The molecule has 0 saturated heterocycles. The van der Waals surface area contributed by atoms with E-state index in [1.54, 1.807) is 24.4 Å². The molecule has 2 aromatic heterocycles. The molecule has 30 heavy (non-hydrogen) atoms. The maximum Gasteiger partial charge on any atom is 0.272 e. The van der Waals surface area contributed by atoms with Crippen LogP contribution in [0.1, 0.15) is 32.9 Å². The van der Waals surface area contributed by atoms with E-state index < -0.39 is 0 Å². The number of benzene rings is 1. The zero-order valence-corrected chi connectivity index (χ0v) is 16.7. The molecule has 4 rings (SSSR count). The lowest BCUT2D eigenvalue weighted by molar-refractivity contribution is -0.131. The minimum atomic E-state index is -0.268. The summed E-state index contributed by atoms with van der Waals surface area (Å²) in [4.78, 5) is 31.4. The van der Waals surface area contributed by atoms with E-state index in [0.717, 1.165) is 22.4 Å². The predicted octanol–water partition coefficient (Wildman–Crippen LogP) is 1.87. The van der Waals surface area contributed by atoms with E-state index in [0.29, 0.717) is 37.5 Å². The van der Waals surface area contributed by atoms with E-state index in [2.05, 4.69) is 20.5 Å². The second-order valence-corrected chi connectivity index (χ2v) is 7.13. The first-order valence-electron chi connectivity index (χ1n) is 9.78. The van der Waals surface area contributed by atoms with Crippen LogP contribution in [0.15, 0.2) is 48.8 Å². The number of hydrogen-bond acceptors (Lipinski definition) is 5. The first-order chi connectivity index (χ1) is 14.7. The summed E-state index contributed by atoms with van der Waals surface area (Å²) in [7, 11) is 1.60. The number of aromatic nitrogens is 3. The summed E-state index contributed by atoms with van der Waals surface area (Å²) in [5.74, 6) is 0.422. The second kappa shape index (κ2) is 8.77. The SMILES string of the molecule is COc1ccccc1CC(=O)N1CCc2[nH]nc(C(=O)NCc3cccnc3)c2C1. The molecule has 0 bridgehead atoms. The lowest BCUT2D eigenvalue weighted by Gasteiger charge is -2.27. The number of ether oxygens (including phenoxy) is 1.